The molecule has 0 fully saturated rings. The molecule has 0 atom stereocenters. The lowest BCUT2D eigenvalue weighted by molar-refractivity contribution is -0.885. The van der Waals surface area contributed by atoms with Gasteiger partial charge in [0.15, 0.2) is 0 Å². The summed E-state index contributed by atoms with van der Waals surface area (Å²) >= 11 is 0. The lowest BCUT2D eigenvalue weighted by atomic mass is 10.1. The van der Waals surface area contributed by atoms with E-state index in [1.807, 2.05) is 28.2 Å². The highest BCUT2D eigenvalue weighted by atomic mass is 16.4. The van der Waals surface area contributed by atoms with E-state index in [2.05, 4.69) is 0 Å². The molecule has 0 aliphatic heterocycles. The van der Waals surface area contributed by atoms with Crippen LogP contribution in [0.15, 0.2) is 0 Å². The molecule has 0 aromatic rings. The number of unbranched alkanes of at least 4 members (excludes halogenated alkanes) is 3. The number of nitrogens with zero attached hydrogens (tertiary/aromatic N) is 2. The minimum absolute atomic E-state index is 0.0372. The molecule has 0 aromatic carbocycles. The van der Waals surface area contributed by atoms with Crippen LogP contribution in [0.1, 0.15) is 25.7 Å². The Balaban J connectivity index is 3.72. The highest BCUT2D eigenvalue weighted by molar-refractivity contribution is 5.65. The molecule has 0 saturated heterocycles. The van der Waals surface area contributed by atoms with E-state index in [1.165, 1.54) is 0 Å². The van der Waals surface area contributed by atoms with Crippen molar-refractivity contribution in [2.45, 2.75) is 25.7 Å². The van der Waals surface area contributed by atoms with Gasteiger partial charge in [-0.05, 0) is 25.7 Å². The van der Waals surface area contributed by atoms with Crippen LogP contribution in [0, 0.1) is 0 Å². The van der Waals surface area contributed by atoms with Gasteiger partial charge < -0.3 is 28.8 Å². The van der Waals surface area contributed by atoms with Gasteiger partial charge in [-0.1, -0.05) is 0 Å². The Morgan fingerprint density at radius 1 is 0.700 bits per heavy atom. The zero-order valence-electron chi connectivity index (χ0n) is 13.2. The van der Waals surface area contributed by atoms with Crippen LogP contribution in [0.2, 0.25) is 0 Å². The highest BCUT2D eigenvalue weighted by Gasteiger charge is 2.16. The number of carboxylic acid groups (broad SMARTS) is 2. The van der Waals surface area contributed by atoms with E-state index in [0.717, 1.165) is 38.8 Å². The van der Waals surface area contributed by atoms with Crippen LogP contribution < -0.4 is 10.2 Å². The summed E-state index contributed by atoms with van der Waals surface area (Å²) < 4.78 is 0.878. The van der Waals surface area contributed by atoms with Crippen molar-refractivity contribution in [3.8, 4) is 0 Å². The van der Waals surface area contributed by atoms with Gasteiger partial charge in [0.05, 0.1) is 53.2 Å². The molecule has 0 aliphatic rings. The largest absolute Gasteiger partial charge is 0.544 e. The molecule has 0 radical (unpaired) electrons. The van der Waals surface area contributed by atoms with E-state index >= 15 is 0 Å². The fourth-order valence-corrected chi connectivity index (χ4v) is 2.29. The van der Waals surface area contributed by atoms with Gasteiger partial charge in [0, 0.05) is 0 Å². The number of hydrogen-bond donors (Lipinski definition) is 0. The summed E-state index contributed by atoms with van der Waals surface area (Å²) in [7, 11) is 7.54. The highest BCUT2D eigenvalue weighted by Crippen LogP contribution is 2.07. The van der Waals surface area contributed by atoms with Crippen LogP contribution in [-0.2, 0) is 9.59 Å². The molecule has 0 amide bonds. The van der Waals surface area contributed by atoms with Crippen molar-refractivity contribution in [3.63, 3.8) is 0 Å². The first-order chi connectivity index (χ1) is 9.04. The van der Waals surface area contributed by atoms with Crippen molar-refractivity contribution < 1.29 is 28.8 Å². The summed E-state index contributed by atoms with van der Waals surface area (Å²) in [5.74, 6) is -2.03. The van der Waals surface area contributed by atoms with Crippen molar-refractivity contribution in [2.75, 3.05) is 54.4 Å². The molecule has 0 aliphatic carbocycles. The Morgan fingerprint density at radius 2 is 1.00 bits per heavy atom. The number of quaternary nitrogens is 2. The lowest BCUT2D eigenvalue weighted by Gasteiger charge is -2.31. The van der Waals surface area contributed by atoms with Gasteiger partial charge in [-0.2, -0.15) is 0 Å². The van der Waals surface area contributed by atoms with E-state index in [1.54, 1.807) is 0 Å². The predicted molar refractivity (Wildman–Crippen MR) is 72.2 cm³/mol. The van der Waals surface area contributed by atoms with Crippen LogP contribution >= 0.6 is 0 Å². The zero-order chi connectivity index (χ0) is 15.8. The molecule has 0 bridgehead atoms. The maximum Gasteiger partial charge on any atom is 0.119 e. The van der Waals surface area contributed by atoms with E-state index in [0.29, 0.717) is 8.97 Å². The fourth-order valence-electron chi connectivity index (χ4n) is 2.29. The van der Waals surface area contributed by atoms with Crippen molar-refractivity contribution in [1.82, 2.24) is 0 Å². The molecule has 0 spiro atoms. The van der Waals surface area contributed by atoms with Crippen LogP contribution in [-0.4, -0.2) is 75.3 Å². The third-order valence-electron chi connectivity index (χ3n) is 3.39. The maximum absolute atomic E-state index is 10.6. The second-order valence-electron chi connectivity index (χ2n) is 6.79. The third-order valence-corrected chi connectivity index (χ3v) is 3.39. The Labute approximate surface area is 121 Å². The quantitative estimate of drug-likeness (QED) is 0.332. The molecule has 0 heterocycles. The summed E-state index contributed by atoms with van der Waals surface area (Å²) in [4.78, 5) is 21.1. The molecule has 6 nitrogen and oxygen atoms in total. The van der Waals surface area contributed by atoms with E-state index in [-0.39, 0.29) is 13.1 Å². The molecular formula is C14H28N2O4. The first kappa shape index (κ1) is 18.9. The Morgan fingerprint density at radius 3 is 1.25 bits per heavy atom. The number of hydrogen-bond acceptors (Lipinski definition) is 4. The standard InChI is InChI=1S/C14H28N2O4/c1-15(2,11-13(17)18)9-7-5-6-8-10-16(3,4)12-14(19)20/h5-12H2,1-4H3. The molecule has 0 saturated carbocycles. The van der Waals surface area contributed by atoms with E-state index in [4.69, 9.17) is 0 Å². The zero-order valence-corrected chi connectivity index (χ0v) is 13.2. The molecule has 0 N–H and O–H groups in total. The SMILES string of the molecule is C[N+](C)(CCCCCC[N+](C)(C)CC(=O)[O-])CC(=O)[O-]. The van der Waals surface area contributed by atoms with Gasteiger partial charge in [0.25, 0.3) is 0 Å². The second-order valence-corrected chi connectivity index (χ2v) is 6.79. The summed E-state index contributed by atoms with van der Waals surface area (Å²) in [6.45, 7) is 1.70. The minimum atomic E-state index is -1.02. The van der Waals surface area contributed by atoms with Gasteiger partial charge in [-0.15, -0.1) is 0 Å². The minimum Gasteiger partial charge on any atom is -0.544 e. The van der Waals surface area contributed by atoms with Crippen molar-refractivity contribution >= 4 is 11.9 Å². The summed E-state index contributed by atoms with van der Waals surface area (Å²) in [5, 5.41) is 21.1. The first-order valence-electron chi connectivity index (χ1n) is 7.08. The van der Waals surface area contributed by atoms with E-state index in [9.17, 15) is 19.8 Å². The van der Waals surface area contributed by atoms with Crippen molar-refractivity contribution in [3.05, 3.63) is 0 Å². The maximum atomic E-state index is 10.6. The van der Waals surface area contributed by atoms with Gasteiger partial charge in [0.1, 0.15) is 13.1 Å². The molecule has 0 unspecified atom stereocenters. The topological polar surface area (TPSA) is 80.3 Å². The number of rotatable bonds is 11. The normalized spacial score (nSPS) is 12.4. The summed E-state index contributed by atoms with van der Waals surface area (Å²) in [6, 6.07) is 0. The third kappa shape index (κ3) is 10.8. The van der Waals surface area contributed by atoms with Crippen molar-refractivity contribution in [2.24, 2.45) is 0 Å². The smallest absolute Gasteiger partial charge is 0.119 e. The number of carbonyl (C=O) groups is 2. The molecule has 0 rings (SSSR count). The Kier molecular flexibility index (Phi) is 7.75. The molecule has 20 heavy (non-hydrogen) atoms. The van der Waals surface area contributed by atoms with E-state index < -0.39 is 11.9 Å². The molecular weight excluding hydrogens is 260 g/mol. The second kappa shape index (κ2) is 8.21. The van der Waals surface area contributed by atoms with Crippen LogP contribution in [0.5, 0.6) is 0 Å². The Bertz CT molecular complexity index is 295. The molecule has 0 aromatic heterocycles. The number of likely N-dealkylation sites (N-methyl/N-ethyl adjacent to an activating group) is 2. The lowest BCUT2D eigenvalue weighted by Crippen LogP contribution is -2.49. The predicted octanol–water partition coefficient (Wildman–Crippen LogP) is -1.80. The summed E-state index contributed by atoms with van der Waals surface area (Å²) in [5.41, 5.74) is 0. The van der Waals surface area contributed by atoms with Crippen LogP contribution in [0.25, 0.3) is 0 Å². The monoisotopic (exact) mass is 288 g/mol. The van der Waals surface area contributed by atoms with Gasteiger partial charge in [-0.25, -0.2) is 0 Å². The summed E-state index contributed by atoms with van der Waals surface area (Å²) in [6.07, 6.45) is 3.99. The average molecular weight is 288 g/mol. The van der Waals surface area contributed by atoms with Gasteiger partial charge in [0.2, 0.25) is 0 Å². The van der Waals surface area contributed by atoms with Crippen molar-refractivity contribution in [1.29, 1.82) is 0 Å². The fraction of sp³-hybridized carbons (Fsp3) is 0.857. The van der Waals surface area contributed by atoms with Crippen LogP contribution in [0.3, 0.4) is 0 Å². The number of carbonyl (C=O) groups excluding carboxylic acids is 2. The van der Waals surface area contributed by atoms with Crippen LogP contribution in [0.4, 0.5) is 0 Å². The molecule has 6 heteroatoms. The number of aliphatic carboxylic acids is 2. The van der Waals surface area contributed by atoms with Gasteiger partial charge >= 0.3 is 0 Å². The average Bonchev–Trinajstić information content (AvgIpc) is 2.19. The van der Waals surface area contributed by atoms with Gasteiger partial charge in [-0.3, -0.25) is 0 Å². The molecule has 118 valence electrons. The Hall–Kier alpha value is -1.14. The number of carboxylic acids is 2. The first-order valence-corrected chi connectivity index (χ1v) is 7.08.